The van der Waals surface area contributed by atoms with E-state index in [2.05, 4.69) is 32.6 Å². The lowest BCUT2D eigenvalue weighted by Crippen LogP contribution is -2.49. The number of hydrogen-bond acceptors (Lipinski definition) is 5. The predicted octanol–water partition coefficient (Wildman–Crippen LogP) is 4.39. The van der Waals surface area contributed by atoms with E-state index in [1.165, 1.54) is 28.7 Å². The SMILES string of the molecule is CCCC(=O)N1CCN(c2nc(C(C)C)nc3sc4c(c23)CC[C@H](C)C4)CC1. The predicted molar refractivity (Wildman–Crippen MR) is 116 cm³/mol. The maximum Gasteiger partial charge on any atom is 0.222 e. The summed E-state index contributed by atoms with van der Waals surface area (Å²) < 4.78 is 0. The Morgan fingerprint density at radius 3 is 2.64 bits per heavy atom. The van der Waals surface area contributed by atoms with E-state index in [4.69, 9.17) is 9.97 Å². The van der Waals surface area contributed by atoms with Crippen LogP contribution in [0.25, 0.3) is 10.2 Å². The minimum absolute atomic E-state index is 0.291. The quantitative estimate of drug-likeness (QED) is 0.764. The summed E-state index contributed by atoms with van der Waals surface area (Å²) in [5.41, 5.74) is 1.49. The van der Waals surface area contributed by atoms with Gasteiger partial charge in [-0.15, -0.1) is 11.3 Å². The monoisotopic (exact) mass is 400 g/mol. The maximum atomic E-state index is 12.3. The summed E-state index contributed by atoms with van der Waals surface area (Å²) in [6.45, 7) is 12.1. The van der Waals surface area contributed by atoms with Crippen molar-refractivity contribution in [2.24, 2.45) is 5.92 Å². The molecule has 0 radical (unpaired) electrons. The average Bonchev–Trinajstić information content (AvgIpc) is 3.04. The summed E-state index contributed by atoms with van der Waals surface area (Å²) >= 11 is 1.88. The zero-order chi connectivity index (χ0) is 19.8. The highest BCUT2D eigenvalue weighted by Gasteiger charge is 2.28. The molecule has 1 aliphatic heterocycles. The molecule has 28 heavy (non-hydrogen) atoms. The largest absolute Gasteiger partial charge is 0.352 e. The number of anilines is 1. The van der Waals surface area contributed by atoms with Crippen molar-refractivity contribution >= 4 is 33.3 Å². The van der Waals surface area contributed by atoms with Gasteiger partial charge in [0.15, 0.2) is 0 Å². The van der Waals surface area contributed by atoms with Crippen LogP contribution in [0, 0.1) is 5.92 Å². The Balaban J connectivity index is 1.69. The van der Waals surface area contributed by atoms with Gasteiger partial charge < -0.3 is 9.80 Å². The van der Waals surface area contributed by atoms with Gasteiger partial charge in [0.05, 0.1) is 5.39 Å². The molecule has 2 aromatic rings. The van der Waals surface area contributed by atoms with Gasteiger partial charge in [-0.05, 0) is 37.2 Å². The fourth-order valence-electron chi connectivity index (χ4n) is 4.37. The first-order chi connectivity index (χ1) is 13.5. The van der Waals surface area contributed by atoms with Crippen LogP contribution in [-0.2, 0) is 17.6 Å². The van der Waals surface area contributed by atoms with E-state index in [0.29, 0.717) is 18.2 Å². The fraction of sp³-hybridized carbons (Fsp3) is 0.682. The van der Waals surface area contributed by atoms with Crippen LogP contribution < -0.4 is 4.90 Å². The minimum Gasteiger partial charge on any atom is -0.352 e. The molecule has 0 N–H and O–H groups in total. The fourth-order valence-corrected chi connectivity index (χ4v) is 5.75. The molecule has 0 spiro atoms. The van der Waals surface area contributed by atoms with Gasteiger partial charge in [0.25, 0.3) is 0 Å². The molecule has 1 saturated heterocycles. The number of amides is 1. The first-order valence-electron chi connectivity index (χ1n) is 10.8. The Hall–Kier alpha value is -1.69. The van der Waals surface area contributed by atoms with Gasteiger partial charge in [0.1, 0.15) is 16.5 Å². The van der Waals surface area contributed by atoms with Gasteiger partial charge in [-0.1, -0.05) is 27.7 Å². The Morgan fingerprint density at radius 1 is 1.21 bits per heavy atom. The number of thiophene rings is 1. The van der Waals surface area contributed by atoms with Gasteiger partial charge in [-0.2, -0.15) is 0 Å². The van der Waals surface area contributed by atoms with E-state index in [9.17, 15) is 4.79 Å². The van der Waals surface area contributed by atoms with E-state index in [0.717, 1.165) is 61.4 Å². The molecule has 152 valence electrons. The number of fused-ring (bicyclic) bond motifs is 3. The molecular formula is C22H32N4OS. The van der Waals surface area contributed by atoms with Crippen molar-refractivity contribution in [1.82, 2.24) is 14.9 Å². The normalized spacial score (nSPS) is 20.1. The Bertz CT molecular complexity index is 867. The summed E-state index contributed by atoms with van der Waals surface area (Å²) in [5.74, 6) is 3.42. The molecule has 0 saturated carbocycles. The molecule has 1 aliphatic carbocycles. The van der Waals surface area contributed by atoms with Crippen LogP contribution in [-0.4, -0.2) is 47.0 Å². The molecule has 2 aliphatic rings. The first kappa shape index (κ1) is 19.6. The Morgan fingerprint density at radius 2 is 1.96 bits per heavy atom. The van der Waals surface area contributed by atoms with Gasteiger partial charge in [0.2, 0.25) is 5.91 Å². The van der Waals surface area contributed by atoms with E-state index in [1.54, 1.807) is 0 Å². The zero-order valence-corrected chi connectivity index (χ0v) is 18.4. The molecular weight excluding hydrogens is 368 g/mol. The van der Waals surface area contributed by atoms with Crippen LogP contribution in [0.2, 0.25) is 0 Å². The maximum absolute atomic E-state index is 12.3. The molecule has 0 aromatic carbocycles. The number of aromatic nitrogens is 2. The first-order valence-corrected chi connectivity index (χ1v) is 11.6. The van der Waals surface area contributed by atoms with Crippen molar-refractivity contribution in [2.45, 2.75) is 65.7 Å². The van der Waals surface area contributed by atoms with Crippen molar-refractivity contribution in [2.75, 3.05) is 31.1 Å². The van der Waals surface area contributed by atoms with Crippen molar-refractivity contribution in [3.8, 4) is 0 Å². The third-order valence-electron chi connectivity index (χ3n) is 6.07. The Labute approximate surface area is 172 Å². The van der Waals surface area contributed by atoms with Crippen LogP contribution in [0.4, 0.5) is 5.82 Å². The smallest absolute Gasteiger partial charge is 0.222 e. The molecule has 2 aromatic heterocycles. The molecule has 6 heteroatoms. The molecule has 1 fully saturated rings. The molecule has 1 atom stereocenters. The average molecular weight is 401 g/mol. The highest BCUT2D eigenvalue weighted by atomic mass is 32.1. The van der Waals surface area contributed by atoms with Crippen LogP contribution >= 0.6 is 11.3 Å². The number of hydrogen-bond donors (Lipinski definition) is 0. The van der Waals surface area contributed by atoms with E-state index in [1.807, 2.05) is 16.2 Å². The van der Waals surface area contributed by atoms with Gasteiger partial charge in [-0.3, -0.25) is 4.79 Å². The standard InChI is InChI=1S/C22H32N4OS/c1-5-6-18(27)25-9-11-26(12-10-25)21-19-16-8-7-15(4)13-17(16)28-22(19)24-20(23-21)14(2)3/h14-15H,5-13H2,1-4H3/t15-/m0/s1. The van der Waals surface area contributed by atoms with E-state index < -0.39 is 0 Å². The van der Waals surface area contributed by atoms with Crippen LogP contribution in [0.1, 0.15) is 69.1 Å². The summed E-state index contributed by atoms with van der Waals surface area (Å²) in [6.07, 6.45) is 5.15. The van der Waals surface area contributed by atoms with Crippen LogP contribution in [0.3, 0.4) is 0 Å². The lowest BCUT2D eigenvalue weighted by molar-refractivity contribution is -0.131. The third-order valence-corrected chi connectivity index (χ3v) is 7.21. The Kier molecular flexibility index (Phi) is 5.59. The minimum atomic E-state index is 0.291. The summed E-state index contributed by atoms with van der Waals surface area (Å²) in [4.78, 5) is 29.4. The van der Waals surface area contributed by atoms with Gasteiger partial charge >= 0.3 is 0 Å². The van der Waals surface area contributed by atoms with Crippen LogP contribution in [0.15, 0.2) is 0 Å². The summed E-state index contributed by atoms with van der Waals surface area (Å²) in [5, 5.41) is 1.30. The van der Waals surface area contributed by atoms with Crippen molar-refractivity contribution in [3.63, 3.8) is 0 Å². The summed E-state index contributed by atoms with van der Waals surface area (Å²) in [7, 11) is 0. The number of rotatable bonds is 4. The number of carbonyl (C=O) groups is 1. The molecule has 0 bridgehead atoms. The van der Waals surface area contributed by atoms with Crippen molar-refractivity contribution < 1.29 is 4.79 Å². The molecule has 5 nitrogen and oxygen atoms in total. The highest BCUT2D eigenvalue weighted by Crippen LogP contribution is 2.41. The second-order valence-electron chi connectivity index (χ2n) is 8.71. The highest BCUT2D eigenvalue weighted by molar-refractivity contribution is 7.19. The van der Waals surface area contributed by atoms with Crippen molar-refractivity contribution in [3.05, 3.63) is 16.3 Å². The summed E-state index contributed by atoms with van der Waals surface area (Å²) in [6, 6.07) is 0. The third kappa shape index (κ3) is 3.63. The number of aryl methyl sites for hydroxylation is 1. The van der Waals surface area contributed by atoms with E-state index in [-0.39, 0.29) is 0 Å². The second kappa shape index (κ2) is 7.97. The number of piperazine rings is 1. The molecule has 0 unspecified atom stereocenters. The lowest BCUT2D eigenvalue weighted by Gasteiger charge is -2.36. The van der Waals surface area contributed by atoms with Gasteiger partial charge in [-0.25, -0.2) is 9.97 Å². The molecule has 1 amide bonds. The zero-order valence-electron chi connectivity index (χ0n) is 17.6. The second-order valence-corrected chi connectivity index (χ2v) is 9.79. The number of carbonyl (C=O) groups excluding carboxylic acids is 1. The number of nitrogens with zero attached hydrogens (tertiary/aromatic N) is 4. The lowest BCUT2D eigenvalue weighted by atomic mass is 9.89. The van der Waals surface area contributed by atoms with Crippen molar-refractivity contribution in [1.29, 1.82) is 0 Å². The molecule has 3 heterocycles. The van der Waals surface area contributed by atoms with Crippen LogP contribution in [0.5, 0.6) is 0 Å². The van der Waals surface area contributed by atoms with E-state index >= 15 is 0 Å². The molecule has 4 rings (SSSR count). The van der Waals surface area contributed by atoms with Gasteiger partial charge in [0, 0.05) is 43.4 Å². The topological polar surface area (TPSA) is 49.3 Å².